The van der Waals surface area contributed by atoms with Gasteiger partial charge in [-0.25, -0.2) is 4.98 Å². The summed E-state index contributed by atoms with van der Waals surface area (Å²) >= 11 is 0. The van der Waals surface area contributed by atoms with Gasteiger partial charge >= 0.3 is 0 Å². The second-order valence-electron chi connectivity index (χ2n) is 4.15. The van der Waals surface area contributed by atoms with Gasteiger partial charge < -0.3 is 14.0 Å². The summed E-state index contributed by atoms with van der Waals surface area (Å²) in [7, 11) is 1.68. The van der Waals surface area contributed by atoms with Crippen LogP contribution in [0.2, 0.25) is 0 Å². The van der Waals surface area contributed by atoms with Crippen LogP contribution in [0.5, 0.6) is 11.5 Å². The first-order chi connectivity index (χ1) is 8.36. The van der Waals surface area contributed by atoms with E-state index in [2.05, 4.69) is 9.55 Å². The Bertz CT molecular complexity index is 508. The minimum atomic E-state index is 0.317. The summed E-state index contributed by atoms with van der Waals surface area (Å²) in [6.07, 6.45) is 6.54. The molecule has 1 unspecified atom stereocenters. The molecule has 1 atom stereocenters. The third-order valence-corrected chi connectivity index (χ3v) is 3.10. The zero-order valence-electron chi connectivity index (χ0n) is 9.67. The van der Waals surface area contributed by atoms with E-state index in [1.165, 1.54) is 5.56 Å². The number of hydrogen-bond acceptors (Lipinski definition) is 3. The average Bonchev–Trinajstić information content (AvgIpc) is 2.91. The van der Waals surface area contributed by atoms with E-state index in [0.29, 0.717) is 12.6 Å². The Labute approximate surface area is 99.8 Å². The van der Waals surface area contributed by atoms with Crippen molar-refractivity contribution in [2.45, 2.75) is 12.5 Å². The Kier molecular flexibility index (Phi) is 2.48. The molecule has 2 aromatic rings. The number of fused-ring (bicyclic) bond motifs is 1. The fourth-order valence-electron chi connectivity index (χ4n) is 2.16. The van der Waals surface area contributed by atoms with E-state index in [1.54, 1.807) is 13.3 Å². The van der Waals surface area contributed by atoms with Gasteiger partial charge in [-0.05, 0) is 23.8 Å². The van der Waals surface area contributed by atoms with Gasteiger partial charge in [0.05, 0.1) is 19.5 Å². The normalized spacial score (nSPS) is 18.3. The van der Waals surface area contributed by atoms with E-state index in [9.17, 15) is 0 Å². The second kappa shape index (κ2) is 4.13. The van der Waals surface area contributed by atoms with Gasteiger partial charge in [0.15, 0.2) is 0 Å². The largest absolute Gasteiger partial charge is 0.497 e. The number of rotatable bonds is 2. The Morgan fingerprint density at radius 1 is 1.47 bits per heavy atom. The fourth-order valence-corrected chi connectivity index (χ4v) is 2.16. The van der Waals surface area contributed by atoms with Crippen LogP contribution in [-0.2, 0) is 6.42 Å². The summed E-state index contributed by atoms with van der Waals surface area (Å²) in [6.45, 7) is 0.690. The van der Waals surface area contributed by atoms with Crippen LogP contribution in [0.15, 0.2) is 36.9 Å². The summed E-state index contributed by atoms with van der Waals surface area (Å²) < 4.78 is 13.1. The van der Waals surface area contributed by atoms with Gasteiger partial charge in [0.25, 0.3) is 0 Å². The molecule has 1 aromatic heterocycles. The predicted molar refractivity (Wildman–Crippen MR) is 63.5 cm³/mol. The molecule has 0 radical (unpaired) electrons. The molecule has 4 heteroatoms. The number of imidazole rings is 1. The lowest BCUT2D eigenvalue weighted by Crippen LogP contribution is -2.23. The quantitative estimate of drug-likeness (QED) is 0.792. The second-order valence-corrected chi connectivity index (χ2v) is 4.15. The van der Waals surface area contributed by atoms with Gasteiger partial charge in [-0.1, -0.05) is 0 Å². The average molecular weight is 230 g/mol. The van der Waals surface area contributed by atoms with Gasteiger partial charge in [-0.2, -0.15) is 0 Å². The molecule has 0 fully saturated rings. The maximum Gasteiger partial charge on any atom is 0.122 e. The van der Waals surface area contributed by atoms with E-state index < -0.39 is 0 Å². The molecule has 0 bridgehead atoms. The van der Waals surface area contributed by atoms with Crippen molar-refractivity contribution in [3.8, 4) is 11.5 Å². The molecule has 0 saturated carbocycles. The van der Waals surface area contributed by atoms with Crippen LogP contribution in [0, 0.1) is 0 Å². The summed E-state index contributed by atoms with van der Waals surface area (Å²) in [5.41, 5.74) is 1.19. The van der Waals surface area contributed by atoms with Gasteiger partial charge in [-0.3, -0.25) is 0 Å². The van der Waals surface area contributed by atoms with Gasteiger partial charge in [-0.15, -0.1) is 0 Å². The predicted octanol–water partition coefficient (Wildman–Crippen LogP) is 2.07. The number of hydrogen-bond donors (Lipinski definition) is 0. The molecule has 1 aliphatic rings. The third-order valence-electron chi connectivity index (χ3n) is 3.10. The van der Waals surface area contributed by atoms with E-state index in [4.69, 9.17) is 9.47 Å². The van der Waals surface area contributed by atoms with Crippen LogP contribution >= 0.6 is 0 Å². The monoisotopic (exact) mass is 230 g/mol. The highest BCUT2D eigenvalue weighted by Gasteiger charge is 2.21. The summed E-state index contributed by atoms with van der Waals surface area (Å²) in [5.74, 6) is 1.83. The van der Waals surface area contributed by atoms with Gasteiger partial charge in [0.2, 0.25) is 0 Å². The van der Waals surface area contributed by atoms with Gasteiger partial charge in [0.1, 0.15) is 18.1 Å². The molecule has 0 amide bonds. The Morgan fingerprint density at radius 2 is 2.41 bits per heavy atom. The van der Waals surface area contributed by atoms with Crippen molar-refractivity contribution in [1.82, 2.24) is 9.55 Å². The highest BCUT2D eigenvalue weighted by Crippen LogP contribution is 2.32. The lowest BCUT2D eigenvalue weighted by molar-refractivity contribution is 0.223. The Morgan fingerprint density at radius 3 is 3.18 bits per heavy atom. The van der Waals surface area contributed by atoms with Crippen LogP contribution in [0.1, 0.15) is 11.6 Å². The molecule has 0 aliphatic carbocycles. The zero-order chi connectivity index (χ0) is 11.7. The number of ether oxygens (including phenoxy) is 2. The molecule has 3 rings (SSSR count). The minimum Gasteiger partial charge on any atom is -0.497 e. The van der Waals surface area contributed by atoms with Crippen molar-refractivity contribution in [1.29, 1.82) is 0 Å². The standard InChI is InChI=1S/C13H14N2O2/c1-16-12-2-3-13-10(7-12)6-11(8-17-13)15-5-4-14-9-15/h2-5,7,9,11H,6,8H2,1H3. The maximum atomic E-state index is 5.76. The van der Waals surface area contributed by atoms with E-state index in [-0.39, 0.29) is 0 Å². The highest BCUT2D eigenvalue weighted by atomic mass is 16.5. The lowest BCUT2D eigenvalue weighted by Gasteiger charge is -2.26. The number of nitrogens with zero attached hydrogens (tertiary/aromatic N) is 2. The molecule has 1 aromatic carbocycles. The molecule has 4 nitrogen and oxygen atoms in total. The van der Waals surface area contributed by atoms with Gasteiger partial charge in [0, 0.05) is 18.8 Å². The molecule has 0 spiro atoms. The SMILES string of the molecule is COc1ccc2c(c1)CC(n1ccnc1)CO2. The first kappa shape index (κ1) is 10.2. The third kappa shape index (κ3) is 1.86. The number of methoxy groups -OCH3 is 1. The zero-order valence-corrected chi connectivity index (χ0v) is 9.67. The lowest BCUT2D eigenvalue weighted by atomic mass is 10.0. The molecule has 0 saturated heterocycles. The number of aromatic nitrogens is 2. The topological polar surface area (TPSA) is 36.3 Å². The van der Waals surface area contributed by atoms with Crippen molar-refractivity contribution in [2.24, 2.45) is 0 Å². The molecule has 1 aliphatic heterocycles. The van der Waals surface area contributed by atoms with Crippen LogP contribution in [0.4, 0.5) is 0 Å². The van der Waals surface area contributed by atoms with Crippen LogP contribution in [-0.4, -0.2) is 23.3 Å². The highest BCUT2D eigenvalue weighted by molar-refractivity contribution is 5.41. The van der Waals surface area contributed by atoms with Crippen molar-refractivity contribution in [3.63, 3.8) is 0 Å². The summed E-state index contributed by atoms with van der Waals surface area (Å²) in [5, 5.41) is 0. The molecule has 2 heterocycles. The first-order valence-electron chi connectivity index (χ1n) is 5.64. The maximum absolute atomic E-state index is 5.76. The van der Waals surface area contributed by atoms with Crippen molar-refractivity contribution in [3.05, 3.63) is 42.5 Å². The smallest absolute Gasteiger partial charge is 0.122 e. The molecule has 17 heavy (non-hydrogen) atoms. The first-order valence-corrected chi connectivity index (χ1v) is 5.64. The molecule has 0 N–H and O–H groups in total. The summed E-state index contributed by atoms with van der Waals surface area (Å²) in [6, 6.07) is 6.25. The van der Waals surface area contributed by atoms with E-state index in [1.807, 2.05) is 30.7 Å². The fraction of sp³-hybridized carbons (Fsp3) is 0.308. The van der Waals surface area contributed by atoms with E-state index >= 15 is 0 Å². The van der Waals surface area contributed by atoms with Crippen molar-refractivity contribution in [2.75, 3.05) is 13.7 Å². The Balaban J connectivity index is 1.89. The van der Waals surface area contributed by atoms with Crippen LogP contribution < -0.4 is 9.47 Å². The molecular weight excluding hydrogens is 216 g/mol. The van der Waals surface area contributed by atoms with Crippen molar-refractivity contribution < 1.29 is 9.47 Å². The minimum absolute atomic E-state index is 0.317. The van der Waals surface area contributed by atoms with Crippen molar-refractivity contribution >= 4 is 0 Å². The van der Waals surface area contributed by atoms with Crippen LogP contribution in [0.25, 0.3) is 0 Å². The molecular formula is C13H14N2O2. The Hall–Kier alpha value is -1.97. The number of benzene rings is 1. The molecule has 88 valence electrons. The summed E-state index contributed by atoms with van der Waals surface area (Å²) in [4.78, 5) is 4.07. The van der Waals surface area contributed by atoms with E-state index in [0.717, 1.165) is 17.9 Å². The van der Waals surface area contributed by atoms with Crippen LogP contribution in [0.3, 0.4) is 0 Å².